The van der Waals surface area contributed by atoms with Crippen molar-refractivity contribution >= 4 is 5.95 Å². The van der Waals surface area contributed by atoms with Crippen molar-refractivity contribution in [3.63, 3.8) is 0 Å². The molecule has 0 bridgehead atoms. The molecule has 0 atom stereocenters. The molecule has 1 aliphatic rings. The van der Waals surface area contributed by atoms with E-state index < -0.39 is 0 Å². The molecule has 0 amide bonds. The SMILES string of the molecule is CN(CCN)c1ncc2c(n1)CCOC2. The van der Waals surface area contributed by atoms with E-state index in [0.717, 1.165) is 36.8 Å². The lowest BCUT2D eigenvalue weighted by atomic mass is 10.1. The molecule has 0 aromatic carbocycles. The molecular weight excluding hydrogens is 192 g/mol. The van der Waals surface area contributed by atoms with Crippen LogP contribution >= 0.6 is 0 Å². The minimum Gasteiger partial charge on any atom is -0.376 e. The highest BCUT2D eigenvalue weighted by Crippen LogP contribution is 2.16. The van der Waals surface area contributed by atoms with Crippen LogP contribution in [0.2, 0.25) is 0 Å². The van der Waals surface area contributed by atoms with Crippen LogP contribution < -0.4 is 10.6 Å². The van der Waals surface area contributed by atoms with Gasteiger partial charge in [0.25, 0.3) is 0 Å². The Kier molecular flexibility index (Phi) is 3.13. The molecular formula is C10H16N4O. The van der Waals surface area contributed by atoms with Crippen molar-refractivity contribution in [1.29, 1.82) is 0 Å². The van der Waals surface area contributed by atoms with E-state index in [1.54, 1.807) is 0 Å². The third kappa shape index (κ3) is 2.24. The van der Waals surface area contributed by atoms with Crippen molar-refractivity contribution in [3.8, 4) is 0 Å². The molecule has 0 aliphatic carbocycles. The summed E-state index contributed by atoms with van der Waals surface area (Å²) < 4.78 is 5.33. The molecule has 1 aliphatic heterocycles. The molecule has 0 spiro atoms. The number of nitrogens with two attached hydrogens (primary N) is 1. The van der Waals surface area contributed by atoms with Gasteiger partial charge < -0.3 is 15.4 Å². The number of likely N-dealkylation sites (N-methyl/N-ethyl adjacent to an activating group) is 1. The Morgan fingerprint density at radius 3 is 3.27 bits per heavy atom. The number of ether oxygens (including phenoxy) is 1. The van der Waals surface area contributed by atoms with Gasteiger partial charge in [-0.1, -0.05) is 0 Å². The number of rotatable bonds is 3. The predicted octanol–water partition coefficient (Wildman–Crippen LogP) is -0.0558. The summed E-state index contributed by atoms with van der Waals surface area (Å²) in [6.45, 7) is 2.77. The maximum absolute atomic E-state index is 5.49. The van der Waals surface area contributed by atoms with Crippen molar-refractivity contribution in [2.45, 2.75) is 13.0 Å². The summed E-state index contributed by atoms with van der Waals surface area (Å²) in [5, 5.41) is 0. The second-order valence-electron chi connectivity index (χ2n) is 3.65. The van der Waals surface area contributed by atoms with Crippen LogP contribution in [0, 0.1) is 0 Å². The lowest BCUT2D eigenvalue weighted by molar-refractivity contribution is 0.109. The van der Waals surface area contributed by atoms with Crippen LogP contribution in [0.3, 0.4) is 0 Å². The number of aromatic nitrogens is 2. The Balaban J connectivity index is 2.20. The Hall–Kier alpha value is -1.20. The van der Waals surface area contributed by atoms with E-state index in [2.05, 4.69) is 9.97 Å². The van der Waals surface area contributed by atoms with Gasteiger partial charge in [-0.25, -0.2) is 9.97 Å². The molecule has 2 heterocycles. The highest BCUT2D eigenvalue weighted by molar-refractivity contribution is 5.32. The Morgan fingerprint density at radius 1 is 1.60 bits per heavy atom. The molecule has 5 nitrogen and oxygen atoms in total. The lowest BCUT2D eigenvalue weighted by Crippen LogP contribution is -2.27. The van der Waals surface area contributed by atoms with E-state index in [4.69, 9.17) is 10.5 Å². The first-order valence-electron chi connectivity index (χ1n) is 5.15. The average Bonchev–Trinajstić information content (AvgIpc) is 2.29. The smallest absolute Gasteiger partial charge is 0.225 e. The first-order chi connectivity index (χ1) is 7.31. The molecule has 2 rings (SSSR count). The van der Waals surface area contributed by atoms with Gasteiger partial charge in [-0.05, 0) is 0 Å². The summed E-state index contributed by atoms with van der Waals surface area (Å²) in [5.74, 6) is 0.751. The van der Waals surface area contributed by atoms with Crippen LogP contribution in [0.1, 0.15) is 11.3 Å². The van der Waals surface area contributed by atoms with Crippen molar-refractivity contribution in [2.24, 2.45) is 5.73 Å². The quantitative estimate of drug-likeness (QED) is 0.754. The summed E-state index contributed by atoms with van der Waals surface area (Å²) in [5.41, 5.74) is 7.70. The lowest BCUT2D eigenvalue weighted by Gasteiger charge is -2.20. The monoisotopic (exact) mass is 208 g/mol. The van der Waals surface area contributed by atoms with E-state index >= 15 is 0 Å². The maximum atomic E-state index is 5.49. The van der Waals surface area contributed by atoms with Crippen LogP contribution in [-0.2, 0) is 17.8 Å². The van der Waals surface area contributed by atoms with Gasteiger partial charge in [-0.2, -0.15) is 0 Å². The van der Waals surface area contributed by atoms with Gasteiger partial charge in [0.15, 0.2) is 0 Å². The molecule has 0 saturated heterocycles. The number of anilines is 1. The largest absolute Gasteiger partial charge is 0.376 e. The Morgan fingerprint density at radius 2 is 2.47 bits per heavy atom. The zero-order chi connectivity index (χ0) is 10.7. The number of hydrogen-bond acceptors (Lipinski definition) is 5. The Bertz CT molecular complexity index is 342. The highest BCUT2D eigenvalue weighted by atomic mass is 16.5. The molecule has 0 unspecified atom stereocenters. The van der Waals surface area contributed by atoms with Gasteiger partial charge in [-0.3, -0.25) is 0 Å². The highest BCUT2D eigenvalue weighted by Gasteiger charge is 2.13. The fourth-order valence-corrected chi connectivity index (χ4v) is 1.60. The zero-order valence-corrected chi connectivity index (χ0v) is 8.94. The van der Waals surface area contributed by atoms with Crippen molar-refractivity contribution in [3.05, 3.63) is 17.5 Å². The van der Waals surface area contributed by atoms with Gasteiger partial charge in [0.1, 0.15) is 0 Å². The van der Waals surface area contributed by atoms with Crippen LogP contribution in [0.5, 0.6) is 0 Å². The molecule has 15 heavy (non-hydrogen) atoms. The third-order valence-electron chi connectivity index (χ3n) is 2.49. The number of hydrogen-bond donors (Lipinski definition) is 1. The van der Waals surface area contributed by atoms with Gasteiger partial charge in [0, 0.05) is 38.3 Å². The third-order valence-corrected chi connectivity index (χ3v) is 2.49. The Labute approximate surface area is 89.3 Å². The minimum absolute atomic E-state index is 0.611. The van der Waals surface area contributed by atoms with Gasteiger partial charge in [0.05, 0.1) is 18.9 Å². The summed E-state index contributed by atoms with van der Waals surface area (Å²) in [4.78, 5) is 10.8. The fraction of sp³-hybridized carbons (Fsp3) is 0.600. The molecule has 0 saturated carbocycles. The number of nitrogens with zero attached hydrogens (tertiary/aromatic N) is 3. The van der Waals surface area contributed by atoms with Crippen LogP contribution in [0.25, 0.3) is 0 Å². The van der Waals surface area contributed by atoms with E-state index in [0.29, 0.717) is 13.2 Å². The topological polar surface area (TPSA) is 64.3 Å². The second-order valence-corrected chi connectivity index (χ2v) is 3.65. The molecule has 82 valence electrons. The summed E-state index contributed by atoms with van der Waals surface area (Å²) >= 11 is 0. The normalized spacial score (nSPS) is 14.8. The van der Waals surface area contributed by atoms with Gasteiger partial charge in [-0.15, -0.1) is 0 Å². The first kappa shape index (κ1) is 10.3. The number of fused-ring (bicyclic) bond motifs is 1. The van der Waals surface area contributed by atoms with Crippen LogP contribution in [0.4, 0.5) is 5.95 Å². The molecule has 0 radical (unpaired) electrons. The van der Waals surface area contributed by atoms with Crippen LogP contribution in [0.15, 0.2) is 6.20 Å². The van der Waals surface area contributed by atoms with Crippen molar-refractivity contribution < 1.29 is 4.74 Å². The van der Waals surface area contributed by atoms with Gasteiger partial charge >= 0.3 is 0 Å². The van der Waals surface area contributed by atoms with Crippen molar-refractivity contribution in [1.82, 2.24) is 9.97 Å². The molecule has 1 aromatic rings. The zero-order valence-electron chi connectivity index (χ0n) is 8.94. The van der Waals surface area contributed by atoms with E-state index in [1.807, 2.05) is 18.1 Å². The standard InChI is InChI=1S/C10H16N4O/c1-14(4-3-11)10-12-6-8-7-15-5-2-9(8)13-10/h6H,2-5,7,11H2,1H3. The van der Waals surface area contributed by atoms with Crippen molar-refractivity contribution in [2.75, 3.05) is 31.6 Å². The van der Waals surface area contributed by atoms with Gasteiger partial charge in [0.2, 0.25) is 5.95 Å². The summed E-state index contributed by atoms with van der Waals surface area (Å²) in [7, 11) is 1.95. The maximum Gasteiger partial charge on any atom is 0.225 e. The summed E-state index contributed by atoms with van der Waals surface area (Å²) in [6.07, 6.45) is 2.73. The fourth-order valence-electron chi connectivity index (χ4n) is 1.60. The molecule has 1 aromatic heterocycles. The first-order valence-corrected chi connectivity index (χ1v) is 5.15. The van der Waals surface area contributed by atoms with E-state index in [9.17, 15) is 0 Å². The second kappa shape index (κ2) is 4.55. The minimum atomic E-state index is 0.611. The molecule has 2 N–H and O–H groups in total. The van der Waals surface area contributed by atoms with E-state index in [-0.39, 0.29) is 0 Å². The average molecular weight is 208 g/mol. The predicted molar refractivity (Wildman–Crippen MR) is 57.7 cm³/mol. The molecule has 5 heteroatoms. The van der Waals surface area contributed by atoms with Crippen LogP contribution in [-0.4, -0.2) is 36.7 Å². The molecule has 0 fully saturated rings. The van der Waals surface area contributed by atoms with E-state index in [1.165, 1.54) is 0 Å². The summed E-state index contributed by atoms with van der Waals surface area (Å²) in [6, 6.07) is 0.